The average molecular weight is 425 g/mol. The molecule has 1 aliphatic carbocycles. The molecule has 2 aromatic rings. The summed E-state index contributed by atoms with van der Waals surface area (Å²) in [6.45, 7) is 2.02. The van der Waals surface area contributed by atoms with Crippen molar-refractivity contribution >= 4 is 17.8 Å². The van der Waals surface area contributed by atoms with Crippen molar-refractivity contribution in [3.63, 3.8) is 0 Å². The first-order chi connectivity index (χ1) is 15.0. The van der Waals surface area contributed by atoms with Gasteiger partial charge in [-0.15, -0.1) is 0 Å². The normalized spacial score (nSPS) is 21.2. The van der Waals surface area contributed by atoms with Crippen LogP contribution in [-0.2, 0) is 22.6 Å². The van der Waals surface area contributed by atoms with Crippen molar-refractivity contribution in [3.05, 3.63) is 47.6 Å². The number of benzene rings is 1. The fourth-order valence-electron chi connectivity index (χ4n) is 4.44. The van der Waals surface area contributed by atoms with Gasteiger partial charge in [0.05, 0.1) is 5.92 Å². The highest BCUT2D eigenvalue weighted by Gasteiger charge is 2.47. The lowest BCUT2D eigenvalue weighted by molar-refractivity contribution is -0.143. The Labute approximate surface area is 180 Å². The summed E-state index contributed by atoms with van der Waals surface area (Å²) in [5, 5.41) is 6.62. The Kier molecular flexibility index (Phi) is 6.29. The van der Waals surface area contributed by atoms with Gasteiger partial charge >= 0.3 is 6.03 Å². The van der Waals surface area contributed by atoms with Crippen LogP contribution in [0, 0.1) is 12.8 Å². The average Bonchev–Trinajstić information content (AvgIpc) is 3.19. The highest BCUT2D eigenvalue weighted by Crippen LogP contribution is 2.34. The van der Waals surface area contributed by atoms with Gasteiger partial charge in [-0.05, 0) is 31.7 Å². The molecular formula is C22H27N5O4. The number of rotatable bonds is 7. The third-order valence-corrected chi connectivity index (χ3v) is 5.95. The van der Waals surface area contributed by atoms with Crippen molar-refractivity contribution in [2.45, 2.75) is 51.6 Å². The summed E-state index contributed by atoms with van der Waals surface area (Å²) in [6, 6.07) is 9.18. The molecule has 2 heterocycles. The zero-order chi connectivity index (χ0) is 21.8. The summed E-state index contributed by atoms with van der Waals surface area (Å²) < 4.78 is 5.11. The largest absolute Gasteiger partial charge is 0.354 e. The number of nitrogens with one attached hydrogen (secondary N) is 1. The molecule has 1 aliphatic heterocycles. The number of imide groups is 1. The van der Waals surface area contributed by atoms with Crippen molar-refractivity contribution in [2.75, 3.05) is 13.1 Å². The number of hydrogen-bond acceptors (Lipinski definition) is 6. The van der Waals surface area contributed by atoms with Gasteiger partial charge in [0.2, 0.25) is 17.7 Å². The molecule has 4 rings (SSSR count). The molecule has 31 heavy (non-hydrogen) atoms. The Hall–Kier alpha value is -3.23. The summed E-state index contributed by atoms with van der Waals surface area (Å²) in [5.41, 5.74) is 1.14. The molecule has 4 amide bonds. The van der Waals surface area contributed by atoms with Gasteiger partial charge in [-0.1, -0.05) is 48.3 Å². The zero-order valence-electron chi connectivity index (χ0n) is 17.6. The fourth-order valence-corrected chi connectivity index (χ4v) is 4.44. The molecule has 0 spiro atoms. The van der Waals surface area contributed by atoms with E-state index in [9.17, 15) is 14.4 Å². The van der Waals surface area contributed by atoms with E-state index in [1.54, 1.807) is 11.8 Å². The van der Waals surface area contributed by atoms with Crippen molar-refractivity contribution in [1.82, 2.24) is 25.3 Å². The highest BCUT2D eigenvalue weighted by atomic mass is 16.5. The maximum atomic E-state index is 13.2. The molecule has 0 radical (unpaired) electrons. The Bertz CT molecular complexity index is 944. The molecule has 2 unspecified atom stereocenters. The topological polar surface area (TPSA) is 109 Å². The summed E-state index contributed by atoms with van der Waals surface area (Å²) in [5.74, 6) is -0.0896. The fraction of sp³-hybridized carbons (Fsp3) is 0.500. The summed E-state index contributed by atoms with van der Waals surface area (Å²) in [7, 11) is 0. The molecule has 1 N–H and O–H groups in total. The Balaban J connectivity index is 1.43. The number of amides is 4. The van der Waals surface area contributed by atoms with Gasteiger partial charge in [-0.3, -0.25) is 14.5 Å². The van der Waals surface area contributed by atoms with Crippen molar-refractivity contribution in [3.8, 4) is 0 Å². The lowest BCUT2D eigenvalue weighted by Gasteiger charge is -2.46. The van der Waals surface area contributed by atoms with E-state index in [1.807, 2.05) is 30.3 Å². The number of aryl methyl sites for hydroxylation is 1. The number of carbonyl (C=O) groups is 3. The minimum atomic E-state index is -0.470. The number of urea groups is 1. The van der Waals surface area contributed by atoms with Crippen LogP contribution in [0.15, 0.2) is 34.9 Å². The third kappa shape index (κ3) is 4.76. The van der Waals surface area contributed by atoms with Gasteiger partial charge < -0.3 is 14.7 Å². The van der Waals surface area contributed by atoms with E-state index in [0.717, 1.165) is 29.7 Å². The molecule has 9 heteroatoms. The molecule has 0 bridgehead atoms. The van der Waals surface area contributed by atoms with Crippen LogP contribution in [0.4, 0.5) is 4.79 Å². The molecule has 164 valence electrons. The van der Waals surface area contributed by atoms with E-state index in [-0.39, 0.29) is 42.8 Å². The van der Waals surface area contributed by atoms with Crippen LogP contribution in [0.5, 0.6) is 0 Å². The Morgan fingerprint density at radius 3 is 2.71 bits per heavy atom. The van der Waals surface area contributed by atoms with E-state index in [4.69, 9.17) is 4.52 Å². The molecule has 1 saturated carbocycles. The summed E-state index contributed by atoms with van der Waals surface area (Å²) in [4.78, 5) is 45.7. The summed E-state index contributed by atoms with van der Waals surface area (Å²) in [6.07, 6.45) is 4.03. The van der Waals surface area contributed by atoms with Gasteiger partial charge in [0.25, 0.3) is 0 Å². The lowest BCUT2D eigenvalue weighted by Crippen LogP contribution is -2.63. The van der Waals surface area contributed by atoms with Crippen LogP contribution in [-0.4, -0.2) is 56.9 Å². The van der Waals surface area contributed by atoms with Crippen molar-refractivity contribution in [1.29, 1.82) is 0 Å². The standard InChI is InChI=1S/C22H27N5O4/c1-15-24-20(31-25-15)14-27-21(29)17-9-5-6-10-18(17)26(22(27)30)13-19(28)23-12-11-16-7-3-2-4-8-16/h2-4,7-8,17-18H,5-6,9-14H2,1H3,(H,23,28). The van der Waals surface area contributed by atoms with Gasteiger partial charge in [-0.2, -0.15) is 4.98 Å². The molecule has 1 aromatic heterocycles. The van der Waals surface area contributed by atoms with Gasteiger partial charge in [0.15, 0.2) is 5.82 Å². The number of carbonyl (C=O) groups excluding carboxylic acids is 3. The molecule has 9 nitrogen and oxygen atoms in total. The Morgan fingerprint density at radius 2 is 1.97 bits per heavy atom. The van der Waals surface area contributed by atoms with E-state index in [2.05, 4.69) is 15.5 Å². The third-order valence-electron chi connectivity index (χ3n) is 5.95. The number of aromatic nitrogens is 2. The molecular weight excluding hydrogens is 398 g/mol. The predicted octanol–water partition coefficient (Wildman–Crippen LogP) is 2.06. The second-order valence-corrected chi connectivity index (χ2v) is 8.11. The first-order valence-electron chi connectivity index (χ1n) is 10.7. The molecule has 2 aliphatic rings. The van der Waals surface area contributed by atoms with Crippen LogP contribution in [0.1, 0.15) is 43.0 Å². The quantitative estimate of drug-likeness (QED) is 0.727. The molecule has 2 atom stereocenters. The van der Waals surface area contributed by atoms with Gasteiger partial charge in [0, 0.05) is 12.6 Å². The SMILES string of the molecule is Cc1noc(CN2C(=O)C3CCCCC3N(CC(=O)NCCc3ccccc3)C2=O)n1. The van der Waals surface area contributed by atoms with Crippen LogP contribution in [0.25, 0.3) is 0 Å². The minimum Gasteiger partial charge on any atom is -0.354 e. The summed E-state index contributed by atoms with van der Waals surface area (Å²) >= 11 is 0. The van der Waals surface area contributed by atoms with E-state index in [0.29, 0.717) is 25.2 Å². The van der Waals surface area contributed by atoms with E-state index in [1.165, 1.54) is 0 Å². The van der Waals surface area contributed by atoms with E-state index < -0.39 is 6.03 Å². The zero-order valence-corrected chi connectivity index (χ0v) is 17.6. The maximum Gasteiger partial charge on any atom is 0.327 e. The van der Waals surface area contributed by atoms with Crippen LogP contribution < -0.4 is 5.32 Å². The second-order valence-electron chi connectivity index (χ2n) is 8.11. The Morgan fingerprint density at radius 1 is 1.19 bits per heavy atom. The van der Waals surface area contributed by atoms with Gasteiger partial charge in [-0.25, -0.2) is 4.79 Å². The highest BCUT2D eigenvalue weighted by molar-refractivity contribution is 6.00. The number of fused-ring (bicyclic) bond motifs is 1. The van der Waals surface area contributed by atoms with Gasteiger partial charge in [0.1, 0.15) is 13.1 Å². The molecule has 1 aromatic carbocycles. The number of nitrogens with zero attached hydrogens (tertiary/aromatic N) is 4. The first kappa shape index (κ1) is 21.0. The lowest BCUT2D eigenvalue weighted by atomic mass is 9.81. The predicted molar refractivity (Wildman–Crippen MR) is 111 cm³/mol. The first-order valence-corrected chi connectivity index (χ1v) is 10.7. The second kappa shape index (κ2) is 9.28. The number of hydrogen-bond donors (Lipinski definition) is 1. The molecule has 1 saturated heterocycles. The molecule has 2 fully saturated rings. The van der Waals surface area contributed by atoms with E-state index >= 15 is 0 Å². The van der Waals surface area contributed by atoms with Crippen molar-refractivity contribution in [2.24, 2.45) is 5.92 Å². The monoisotopic (exact) mass is 425 g/mol. The smallest absolute Gasteiger partial charge is 0.327 e. The van der Waals surface area contributed by atoms with Crippen LogP contribution in [0.2, 0.25) is 0 Å². The minimum absolute atomic E-state index is 0.0680. The van der Waals surface area contributed by atoms with Crippen LogP contribution in [0.3, 0.4) is 0 Å². The van der Waals surface area contributed by atoms with Crippen molar-refractivity contribution < 1.29 is 18.9 Å². The maximum absolute atomic E-state index is 13.2. The van der Waals surface area contributed by atoms with Crippen LogP contribution >= 0.6 is 0 Å².